The van der Waals surface area contributed by atoms with E-state index in [0.29, 0.717) is 11.8 Å². The van der Waals surface area contributed by atoms with Gasteiger partial charge in [0.15, 0.2) is 0 Å². The van der Waals surface area contributed by atoms with Gasteiger partial charge in [0.05, 0.1) is 10.5 Å². The van der Waals surface area contributed by atoms with E-state index < -0.39 is 10.5 Å². The van der Waals surface area contributed by atoms with Crippen LogP contribution in [0.15, 0.2) is 12.2 Å². The molecule has 0 aliphatic heterocycles. The molecule has 0 heterocycles. The number of hydrogen-bond acceptors (Lipinski definition) is 6. The Bertz CT molecular complexity index is 421. The number of carbonyl (C=O) groups excluding carboxylic acids is 2. The summed E-state index contributed by atoms with van der Waals surface area (Å²) in [6.45, 7) is 3.91. The van der Waals surface area contributed by atoms with Crippen LogP contribution in [0.2, 0.25) is 0 Å². The van der Waals surface area contributed by atoms with Crippen LogP contribution < -0.4 is 0 Å². The van der Waals surface area contributed by atoms with E-state index in [0.717, 1.165) is 12.8 Å². The Kier molecular flexibility index (Phi) is 5.30. The molecule has 1 fully saturated rings. The van der Waals surface area contributed by atoms with Gasteiger partial charge < -0.3 is 9.47 Å². The summed E-state index contributed by atoms with van der Waals surface area (Å²) in [4.78, 5) is 23.3. The molecule has 0 aromatic rings. The van der Waals surface area contributed by atoms with Gasteiger partial charge in [-0.15, -0.1) is 0 Å². The van der Waals surface area contributed by atoms with Gasteiger partial charge in [-0.2, -0.15) is 25.3 Å². The second-order valence-corrected chi connectivity index (χ2v) is 7.67. The lowest BCUT2D eigenvalue weighted by molar-refractivity contribution is -0.154. The van der Waals surface area contributed by atoms with Crippen molar-refractivity contribution >= 4 is 37.2 Å². The Hall–Kier alpha value is -0.620. The largest absolute Gasteiger partial charge is 0.464 e. The lowest BCUT2D eigenvalue weighted by atomic mass is 9.77. The molecule has 0 spiro atoms. The zero-order chi connectivity index (χ0) is 15.6. The number of allylic oxidation sites excluding steroid dienone is 2. The van der Waals surface area contributed by atoms with Crippen LogP contribution in [0, 0.1) is 17.3 Å². The van der Waals surface area contributed by atoms with Gasteiger partial charge in [-0.25, -0.2) is 0 Å². The molecule has 2 bridgehead atoms. The highest BCUT2D eigenvalue weighted by molar-refractivity contribution is 7.81. The van der Waals surface area contributed by atoms with Gasteiger partial charge >= 0.3 is 11.9 Å². The molecule has 2 aliphatic carbocycles. The predicted octanol–water partition coefficient (Wildman–Crippen LogP) is 2.29. The van der Waals surface area contributed by atoms with Crippen LogP contribution in [0.4, 0.5) is 0 Å². The first-order valence-corrected chi connectivity index (χ1v) is 8.25. The maximum atomic E-state index is 11.7. The molecule has 21 heavy (non-hydrogen) atoms. The first-order chi connectivity index (χ1) is 9.84. The molecule has 0 saturated heterocycles. The number of thiol groups is 2. The molecule has 2 rings (SSSR count). The highest BCUT2D eigenvalue weighted by Gasteiger charge is 2.50. The quantitative estimate of drug-likeness (QED) is 0.446. The Balaban J connectivity index is 2.01. The predicted molar refractivity (Wildman–Crippen MR) is 86.6 cm³/mol. The van der Waals surface area contributed by atoms with Crippen LogP contribution in [0.5, 0.6) is 0 Å². The molecule has 4 nitrogen and oxygen atoms in total. The summed E-state index contributed by atoms with van der Waals surface area (Å²) < 4.78 is 10.8. The number of rotatable bonds is 6. The molecule has 6 heteroatoms. The monoisotopic (exact) mass is 330 g/mol. The number of fused-ring (bicyclic) bond motifs is 2. The molecule has 118 valence electrons. The van der Waals surface area contributed by atoms with Crippen LogP contribution in [-0.4, -0.2) is 35.7 Å². The van der Waals surface area contributed by atoms with Crippen LogP contribution in [0.3, 0.4) is 0 Å². The molecule has 0 N–H and O–H groups in total. The van der Waals surface area contributed by atoms with Gasteiger partial charge in [0.1, 0.15) is 13.2 Å². The maximum Gasteiger partial charge on any atom is 0.318 e. The summed E-state index contributed by atoms with van der Waals surface area (Å²) in [5.74, 6) is 0.125. The lowest BCUT2D eigenvalue weighted by Gasteiger charge is -2.34. The van der Waals surface area contributed by atoms with Gasteiger partial charge in [-0.1, -0.05) is 12.2 Å². The van der Waals surface area contributed by atoms with Crippen LogP contribution in [-0.2, 0) is 19.1 Å². The highest BCUT2D eigenvalue weighted by Crippen LogP contribution is 2.52. The third-order valence-electron chi connectivity index (χ3n) is 4.31. The lowest BCUT2D eigenvalue weighted by Crippen LogP contribution is -2.39. The Morgan fingerprint density at radius 3 is 2.00 bits per heavy atom. The van der Waals surface area contributed by atoms with Crippen molar-refractivity contribution in [1.29, 1.82) is 0 Å². The van der Waals surface area contributed by atoms with E-state index in [1.54, 1.807) is 13.8 Å². The minimum Gasteiger partial charge on any atom is -0.464 e. The van der Waals surface area contributed by atoms with Crippen LogP contribution in [0.25, 0.3) is 0 Å². The molecular formula is C15H22O4S2. The van der Waals surface area contributed by atoms with Gasteiger partial charge in [-0.3, -0.25) is 9.59 Å². The SMILES string of the molecule is CC(S)C(=O)OCC1(COC(=O)C(C)S)CC2C=CC1C2. The molecule has 4 atom stereocenters. The summed E-state index contributed by atoms with van der Waals surface area (Å²) in [5.41, 5.74) is -0.296. The number of carbonyl (C=O) groups is 2. The van der Waals surface area contributed by atoms with Crippen molar-refractivity contribution < 1.29 is 19.1 Å². The fourth-order valence-corrected chi connectivity index (χ4v) is 3.25. The van der Waals surface area contributed by atoms with Crippen molar-refractivity contribution in [1.82, 2.24) is 0 Å². The molecule has 1 saturated carbocycles. The smallest absolute Gasteiger partial charge is 0.318 e. The third kappa shape index (κ3) is 3.77. The van der Waals surface area contributed by atoms with Gasteiger partial charge in [0.2, 0.25) is 0 Å². The molecule has 0 aromatic heterocycles. The van der Waals surface area contributed by atoms with Crippen molar-refractivity contribution in [2.24, 2.45) is 17.3 Å². The number of ether oxygens (including phenoxy) is 2. The summed E-state index contributed by atoms with van der Waals surface area (Å²) in [6, 6.07) is 0. The second kappa shape index (κ2) is 6.65. The normalized spacial score (nSPS) is 32.8. The Labute approximate surface area is 136 Å². The summed E-state index contributed by atoms with van der Waals surface area (Å²) in [6.07, 6.45) is 6.29. The van der Waals surface area contributed by atoms with Crippen LogP contribution >= 0.6 is 25.3 Å². The van der Waals surface area contributed by atoms with Crippen LogP contribution in [0.1, 0.15) is 26.7 Å². The topological polar surface area (TPSA) is 52.6 Å². The average molecular weight is 330 g/mol. The van der Waals surface area contributed by atoms with E-state index in [1.807, 2.05) is 0 Å². The summed E-state index contributed by atoms with van der Waals surface area (Å²) in [5, 5.41) is -0.896. The number of esters is 2. The molecular weight excluding hydrogens is 308 g/mol. The standard InChI is InChI=1S/C15H22O4S2/c1-9(20)13(16)18-7-15(8-19-14(17)10(2)21)6-11-3-4-12(15)5-11/h3-4,9-12,20-21H,5-8H2,1-2H3. The molecule has 0 amide bonds. The molecule has 4 unspecified atom stereocenters. The Morgan fingerprint density at radius 1 is 1.14 bits per heavy atom. The van der Waals surface area contributed by atoms with Crippen molar-refractivity contribution in [3.05, 3.63) is 12.2 Å². The molecule has 2 aliphatic rings. The molecule has 0 aromatic carbocycles. The number of hydrogen-bond donors (Lipinski definition) is 2. The van der Waals surface area contributed by atoms with Gasteiger partial charge in [0.25, 0.3) is 0 Å². The van der Waals surface area contributed by atoms with Gasteiger partial charge in [0, 0.05) is 5.41 Å². The van der Waals surface area contributed by atoms with Crippen molar-refractivity contribution in [2.75, 3.05) is 13.2 Å². The summed E-state index contributed by atoms with van der Waals surface area (Å²) in [7, 11) is 0. The first-order valence-electron chi connectivity index (χ1n) is 7.22. The fourth-order valence-electron chi connectivity index (χ4n) is 3.10. The average Bonchev–Trinajstić information content (AvgIpc) is 3.02. The van der Waals surface area contributed by atoms with E-state index in [9.17, 15) is 9.59 Å². The van der Waals surface area contributed by atoms with E-state index in [1.165, 1.54) is 0 Å². The third-order valence-corrected chi connectivity index (χ3v) is 4.74. The maximum absolute atomic E-state index is 11.7. The van der Waals surface area contributed by atoms with Crippen molar-refractivity contribution in [2.45, 2.75) is 37.2 Å². The van der Waals surface area contributed by atoms with E-state index >= 15 is 0 Å². The minimum absolute atomic E-state index is 0.274. The van der Waals surface area contributed by atoms with Crippen molar-refractivity contribution in [3.63, 3.8) is 0 Å². The highest BCUT2D eigenvalue weighted by atomic mass is 32.1. The summed E-state index contributed by atoms with van der Waals surface area (Å²) >= 11 is 8.16. The molecule has 0 radical (unpaired) electrons. The minimum atomic E-state index is -0.448. The fraction of sp³-hybridized carbons (Fsp3) is 0.733. The van der Waals surface area contributed by atoms with E-state index in [4.69, 9.17) is 9.47 Å². The van der Waals surface area contributed by atoms with E-state index in [-0.39, 0.29) is 30.6 Å². The second-order valence-electron chi connectivity index (χ2n) is 6.12. The zero-order valence-electron chi connectivity index (χ0n) is 12.3. The van der Waals surface area contributed by atoms with Crippen molar-refractivity contribution in [3.8, 4) is 0 Å². The Morgan fingerprint density at radius 2 is 1.67 bits per heavy atom. The van der Waals surface area contributed by atoms with Gasteiger partial charge in [-0.05, 0) is 38.5 Å². The zero-order valence-corrected chi connectivity index (χ0v) is 14.1. The first kappa shape index (κ1) is 16.7. The van der Waals surface area contributed by atoms with E-state index in [2.05, 4.69) is 37.4 Å².